The van der Waals surface area contributed by atoms with Gasteiger partial charge in [0.2, 0.25) is 0 Å². The topological polar surface area (TPSA) is 44.6 Å². The monoisotopic (exact) mass is 406 g/mol. The van der Waals surface area contributed by atoms with E-state index in [4.69, 9.17) is 11.6 Å². The average molecular weight is 407 g/mol. The van der Waals surface area contributed by atoms with E-state index >= 15 is 0 Å². The number of rotatable bonds is 4. The lowest BCUT2D eigenvalue weighted by Gasteiger charge is -2.12. The van der Waals surface area contributed by atoms with Crippen molar-refractivity contribution in [1.29, 1.82) is 0 Å². The largest absolute Gasteiger partial charge is 0.410 e. The van der Waals surface area contributed by atoms with Gasteiger partial charge in [-0.2, -0.15) is 0 Å². The third-order valence-corrected chi connectivity index (χ3v) is 6.23. The van der Waals surface area contributed by atoms with Gasteiger partial charge in [0, 0.05) is 27.2 Å². The van der Waals surface area contributed by atoms with Gasteiger partial charge in [0.25, 0.3) is 0 Å². The Morgan fingerprint density at radius 3 is 2.39 bits per heavy atom. The molecule has 4 rings (SSSR count). The maximum absolute atomic E-state index is 9.79. The molecular weight excluding hydrogens is 388 g/mol. The van der Waals surface area contributed by atoms with E-state index in [2.05, 4.69) is 36.5 Å². The Hall–Kier alpha value is -2.82. The van der Waals surface area contributed by atoms with Gasteiger partial charge in [-0.25, -0.2) is 0 Å². The van der Waals surface area contributed by atoms with Crippen LogP contribution in [0.2, 0.25) is 5.02 Å². The highest BCUT2D eigenvalue weighted by Crippen LogP contribution is 2.35. The maximum Gasteiger partial charge on any atom is 0.129 e. The van der Waals surface area contributed by atoms with Gasteiger partial charge in [-0.1, -0.05) is 59.2 Å². The summed E-state index contributed by atoms with van der Waals surface area (Å²) in [7, 11) is 0. The number of oxime groups is 1. The first-order valence-electron chi connectivity index (χ1n) is 8.91. The molecule has 0 saturated heterocycles. The van der Waals surface area contributed by atoms with Crippen LogP contribution in [0.3, 0.4) is 0 Å². The summed E-state index contributed by atoms with van der Waals surface area (Å²) in [6.45, 7) is 4.13. The van der Waals surface area contributed by atoms with Gasteiger partial charge in [0.15, 0.2) is 0 Å². The Kier molecular flexibility index (Phi) is 5.07. The lowest BCUT2D eigenvalue weighted by molar-refractivity contribution is 0.320. The molecule has 0 radical (unpaired) electrons. The summed E-state index contributed by atoms with van der Waals surface area (Å²) in [4.78, 5) is 2.10. The molecule has 3 aromatic carbocycles. The van der Waals surface area contributed by atoms with Crippen molar-refractivity contribution in [3.05, 3.63) is 92.6 Å². The van der Waals surface area contributed by atoms with Crippen molar-refractivity contribution in [1.82, 2.24) is 0 Å². The third-order valence-electron chi connectivity index (χ3n) is 4.77. The Labute approximate surface area is 172 Å². The lowest BCUT2D eigenvalue weighted by atomic mass is 10.0. The van der Waals surface area contributed by atoms with Crippen LogP contribution in [0.4, 0.5) is 11.4 Å². The van der Waals surface area contributed by atoms with Gasteiger partial charge in [-0.3, -0.25) is 0 Å². The quantitative estimate of drug-likeness (QED) is 0.215. The van der Waals surface area contributed by atoms with E-state index in [-0.39, 0.29) is 0 Å². The summed E-state index contributed by atoms with van der Waals surface area (Å²) in [5.41, 5.74) is 4.25. The molecule has 2 N–H and O–H groups in total. The van der Waals surface area contributed by atoms with Crippen molar-refractivity contribution in [3.63, 3.8) is 0 Å². The van der Waals surface area contributed by atoms with Crippen molar-refractivity contribution in [2.24, 2.45) is 5.16 Å². The van der Waals surface area contributed by atoms with Gasteiger partial charge >= 0.3 is 0 Å². The zero-order chi connectivity index (χ0) is 19.7. The molecule has 0 unspecified atom stereocenters. The minimum atomic E-state index is 0.488. The fourth-order valence-corrected chi connectivity index (χ4v) is 4.70. The molecule has 0 fully saturated rings. The third kappa shape index (κ3) is 3.37. The predicted octanol–water partition coefficient (Wildman–Crippen LogP) is 7.14. The van der Waals surface area contributed by atoms with E-state index in [1.165, 1.54) is 4.88 Å². The second-order valence-corrected chi connectivity index (χ2v) is 8.25. The first-order chi connectivity index (χ1) is 13.6. The molecule has 140 valence electrons. The Morgan fingerprint density at radius 1 is 0.964 bits per heavy atom. The summed E-state index contributed by atoms with van der Waals surface area (Å²) >= 11 is 8.20. The normalized spacial score (nSPS) is 11.8. The van der Waals surface area contributed by atoms with Crippen LogP contribution in [-0.4, -0.2) is 10.9 Å². The smallest absolute Gasteiger partial charge is 0.129 e. The van der Waals surface area contributed by atoms with E-state index in [1.54, 1.807) is 11.3 Å². The number of anilines is 2. The van der Waals surface area contributed by atoms with Crippen LogP contribution in [0.25, 0.3) is 10.8 Å². The van der Waals surface area contributed by atoms with Crippen molar-refractivity contribution >= 4 is 50.8 Å². The number of hydrogen-bond donors (Lipinski definition) is 2. The summed E-state index contributed by atoms with van der Waals surface area (Å²) in [5, 5.41) is 19.5. The number of nitrogens with one attached hydrogen (secondary N) is 1. The number of benzene rings is 3. The van der Waals surface area contributed by atoms with Crippen molar-refractivity contribution in [3.8, 4) is 0 Å². The van der Waals surface area contributed by atoms with Crippen LogP contribution < -0.4 is 5.32 Å². The van der Waals surface area contributed by atoms with Crippen LogP contribution in [0.15, 0.2) is 71.9 Å². The van der Waals surface area contributed by atoms with Crippen LogP contribution in [-0.2, 0) is 0 Å². The number of para-hydroxylation sites is 1. The van der Waals surface area contributed by atoms with Crippen molar-refractivity contribution in [2.45, 2.75) is 13.8 Å². The lowest BCUT2D eigenvalue weighted by Crippen LogP contribution is -2.03. The van der Waals surface area contributed by atoms with Gasteiger partial charge < -0.3 is 10.5 Å². The molecule has 0 aliphatic rings. The van der Waals surface area contributed by atoms with Crippen LogP contribution >= 0.6 is 22.9 Å². The van der Waals surface area contributed by atoms with Crippen molar-refractivity contribution in [2.75, 3.05) is 5.32 Å². The molecule has 0 aliphatic heterocycles. The molecule has 5 heteroatoms. The van der Waals surface area contributed by atoms with Gasteiger partial charge in [-0.05, 0) is 49.1 Å². The van der Waals surface area contributed by atoms with E-state index in [0.29, 0.717) is 16.3 Å². The fourth-order valence-electron chi connectivity index (χ4n) is 3.30. The van der Waals surface area contributed by atoms with E-state index in [9.17, 15) is 5.21 Å². The standard InChI is InChI=1S/C23H19ClN2OS/c1-14-7-3-6-10-21(14)25-16-11-12-19(20(24)13-16)22(26-27)23-18-9-5-4-8-17(18)15(2)28-23/h3-13,25,27H,1-2H3/b26-22+. The number of aryl methyl sites for hydroxylation is 2. The number of halogens is 1. The molecule has 0 spiro atoms. The molecule has 4 aromatic rings. The summed E-state index contributed by atoms with van der Waals surface area (Å²) < 4.78 is 0. The molecule has 0 amide bonds. The first kappa shape index (κ1) is 18.5. The Bertz CT molecular complexity index is 1200. The SMILES string of the molecule is Cc1ccccc1Nc1ccc(/C(=N\O)c2sc(C)c3ccccc23)c(Cl)c1. The zero-order valence-electron chi connectivity index (χ0n) is 15.5. The predicted molar refractivity (Wildman–Crippen MR) is 120 cm³/mol. The van der Waals surface area contributed by atoms with Crippen LogP contribution in [0.5, 0.6) is 0 Å². The molecule has 1 aromatic heterocycles. The first-order valence-corrected chi connectivity index (χ1v) is 10.1. The zero-order valence-corrected chi connectivity index (χ0v) is 17.1. The van der Waals surface area contributed by atoms with Gasteiger partial charge in [-0.15, -0.1) is 11.3 Å². The Morgan fingerprint density at radius 2 is 1.68 bits per heavy atom. The Balaban J connectivity index is 1.73. The number of nitrogens with zero attached hydrogens (tertiary/aromatic N) is 1. The van der Waals surface area contributed by atoms with E-state index < -0.39 is 0 Å². The highest BCUT2D eigenvalue weighted by molar-refractivity contribution is 7.16. The second kappa shape index (κ2) is 7.66. The molecule has 1 heterocycles. The number of fused-ring (bicyclic) bond motifs is 1. The molecule has 0 atom stereocenters. The second-order valence-electron chi connectivity index (χ2n) is 6.62. The molecule has 28 heavy (non-hydrogen) atoms. The summed E-state index contributed by atoms with van der Waals surface area (Å²) in [6, 6.07) is 21.9. The highest BCUT2D eigenvalue weighted by Gasteiger charge is 2.18. The molecule has 0 saturated carbocycles. The van der Waals surface area contributed by atoms with Crippen LogP contribution in [0.1, 0.15) is 20.9 Å². The van der Waals surface area contributed by atoms with Gasteiger partial charge in [0.05, 0.1) is 9.90 Å². The molecule has 0 aliphatic carbocycles. The highest BCUT2D eigenvalue weighted by atomic mass is 35.5. The van der Waals surface area contributed by atoms with E-state index in [1.807, 2.05) is 54.6 Å². The van der Waals surface area contributed by atoms with Crippen molar-refractivity contribution < 1.29 is 5.21 Å². The molecule has 3 nitrogen and oxygen atoms in total. The molecule has 0 bridgehead atoms. The molecular formula is C23H19ClN2OS. The van der Waals surface area contributed by atoms with Gasteiger partial charge in [0.1, 0.15) is 5.71 Å². The number of thiophene rings is 1. The maximum atomic E-state index is 9.79. The van der Waals surface area contributed by atoms with E-state index in [0.717, 1.165) is 32.6 Å². The summed E-state index contributed by atoms with van der Waals surface area (Å²) in [5.74, 6) is 0. The fraction of sp³-hybridized carbons (Fsp3) is 0.0870. The number of hydrogen-bond acceptors (Lipinski definition) is 4. The summed E-state index contributed by atoms with van der Waals surface area (Å²) in [6.07, 6.45) is 0. The van der Waals surface area contributed by atoms with Crippen LogP contribution in [0, 0.1) is 13.8 Å². The minimum absolute atomic E-state index is 0.488. The average Bonchev–Trinajstić information content (AvgIpc) is 3.03. The minimum Gasteiger partial charge on any atom is -0.410 e.